The Morgan fingerprint density at radius 2 is 1.64 bits per heavy atom. The average Bonchev–Trinajstić information content (AvgIpc) is 3.19. The largest absolute Gasteiger partial charge is 0.454 e. The van der Waals surface area contributed by atoms with Crippen LogP contribution in [0.15, 0.2) is 83.4 Å². The third kappa shape index (κ3) is 4.39. The lowest BCUT2D eigenvalue weighted by molar-refractivity contribution is -0.211. The Morgan fingerprint density at radius 3 is 2.33 bits per heavy atom. The quantitative estimate of drug-likeness (QED) is 0.246. The van der Waals surface area contributed by atoms with E-state index in [2.05, 4.69) is 43.1 Å². The van der Waals surface area contributed by atoms with Gasteiger partial charge in [-0.25, -0.2) is 0 Å². The fourth-order valence-electron chi connectivity index (χ4n) is 4.58. The number of furan rings is 1. The van der Waals surface area contributed by atoms with Crippen LogP contribution in [0.4, 0.5) is 13.2 Å². The molecule has 0 atom stereocenters. The van der Waals surface area contributed by atoms with Crippen LogP contribution in [-0.4, -0.2) is 11.2 Å². The maximum atomic E-state index is 13.3. The van der Waals surface area contributed by atoms with E-state index >= 15 is 0 Å². The molecule has 0 fully saturated rings. The molecule has 0 aliphatic carbocycles. The van der Waals surface area contributed by atoms with Crippen LogP contribution in [0.5, 0.6) is 0 Å². The van der Waals surface area contributed by atoms with Crippen molar-refractivity contribution in [2.24, 2.45) is 5.41 Å². The predicted molar refractivity (Wildman–Crippen MR) is 140 cm³/mol. The Morgan fingerprint density at radius 1 is 0.917 bits per heavy atom. The van der Waals surface area contributed by atoms with Crippen molar-refractivity contribution in [3.63, 3.8) is 0 Å². The summed E-state index contributed by atoms with van der Waals surface area (Å²) in [5.41, 5.74) is 2.70. The van der Waals surface area contributed by atoms with Crippen molar-refractivity contribution in [2.45, 2.75) is 46.2 Å². The molecule has 0 saturated carbocycles. The second-order valence-corrected chi connectivity index (χ2v) is 10.3. The first kappa shape index (κ1) is 22.8. The zero-order valence-corrected chi connectivity index (χ0v) is 20.7. The topological polar surface area (TPSA) is 26.0 Å². The highest BCUT2D eigenvalue weighted by atomic mass is 19.4. The number of hydrogen-bond acceptors (Lipinski definition) is 2. The van der Waals surface area contributed by atoms with E-state index in [9.17, 15) is 13.2 Å². The van der Waals surface area contributed by atoms with Crippen molar-refractivity contribution in [2.75, 3.05) is 0 Å². The standard InChI is InChI=1S/C31H28F3NO/c1-19(2)26-16-24(15-22-7-5-6-8-25(22)26)28-29-23(13-14-35-28)17-27(36-29)21-11-9-20(10-12-21)18-30(3,4)31(32,33)34/h5-17,19H,18H2,1-4H3/i17D. The van der Waals surface area contributed by atoms with Crippen LogP contribution in [-0.2, 0) is 6.42 Å². The average molecular weight is 489 g/mol. The number of fused-ring (bicyclic) bond motifs is 2. The van der Waals surface area contributed by atoms with Crippen molar-refractivity contribution < 1.29 is 19.0 Å². The number of pyridine rings is 1. The molecule has 0 amide bonds. The molecule has 0 unspecified atom stereocenters. The first-order valence-corrected chi connectivity index (χ1v) is 12.0. The van der Waals surface area contributed by atoms with Crippen molar-refractivity contribution in [3.8, 4) is 22.6 Å². The summed E-state index contributed by atoms with van der Waals surface area (Å²) in [5.74, 6) is 0.680. The van der Waals surface area contributed by atoms with E-state index in [0.29, 0.717) is 39.5 Å². The van der Waals surface area contributed by atoms with Gasteiger partial charge >= 0.3 is 6.18 Å². The molecule has 5 aromatic rings. The van der Waals surface area contributed by atoms with E-state index in [1.54, 1.807) is 36.5 Å². The van der Waals surface area contributed by atoms with E-state index in [4.69, 9.17) is 5.79 Å². The van der Waals surface area contributed by atoms with Gasteiger partial charge in [-0.1, -0.05) is 76.2 Å². The molecule has 5 rings (SSSR count). The minimum Gasteiger partial charge on any atom is -0.454 e. The maximum Gasteiger partial charge on any atom is 0.394 e. The Balaban J connectivity index is 1.58. The zero-order chi connectivity index (χ0) is 26.5. The molecule has 2 heterocycles. The summed E-state index contributed by atoms with van der Waals surface area (Å²) in [6.45, 7) is 6.72. The fraction of sp³-hybridized carbons (Fsp3) is 0.258. The lowest BCUT2D eigenvalue weighted by Crippen LogP contribution is -2.34. The van der Waals surface area contributed by atoms with Gasteiger partial charge in [0.25, 0.3) is 0 Å². The first-order valence-electron chi connectivity index (χ1n) is 12.5. The zero-order valence-electron chi connectivity index (χ0n) is 21.7. The minimum atomic E-state index is -4.29. The molecule has 0 aliphatic heterocycles. The molecule has 0 aliphatic rings. The number of rotatable bonds is 5. The monoisotopic (exact) mass is 488 g/mol. The van der Waals surface area contributed by atoms with Gasteiger partial charge in [-0.2, -0.15) is 13.2 Å². The predicted octanol–water partition coefficient (Wildman–Crippen LogP) is 9.57. The Labute approximate surface area is 210 Å². The maximum absolute atomic E-state index is 13.3. The number of halogens is 3. The van der Waals surface area contributed by atoms with Crippen molar-refractivity contribution >= 4 is 21.7 Å². The SMILES string of the molecule is [2H]c1c(-c2ccc(CC(C)(C)C(F)(F)F)cc2)oc2c(-c3cc(C(C)C)c4ccccc4c3)nccc12. The number of alkyl halides is 3. The molecule has 3 aromatic carbocycles. The molecule has 0 N–H and O–H groups in total. The second kappa shape index (κ2) is 8.81. The molecule has 0 spiro atoms. The van der Waals surface area contributed by atoms with Gasteiger partial charge in [0.1, 0.15) is 11.5 Å². The van der Waals surface area contributed by atoms with E-state index in [1.807, 2.05) is 12.1 Å². The van der Waals surface area contributed by atoms with E-state index in [-0.39, 0.29) is 12.5 Å². The normalized spacial score (nSPS) is 13.1. The van der Waals surface area contributed by atoms with Gasteiger partial charge in [-0.3, -0.25) is 4.98 Å². The number of hydrogen-bond donors (Lipinski definition) is 0. The Kier molecular flexibility index (Phi) is 5.59. The highest BCUT2D eigenvalue weighted by Crippen LogP contribution is 2.41. The Bertz CT molecular complexity index is 1600. The highest BCUT2D eigenvalue weighted by Gasteiger charge is 2.46. The molecule has 0 saturated heterocycles. The van der Waals surface area contributed by atoms with Crippen LogP contribution in [0.25, 0.3) is 44.3 Å². The van der Waals surface area contributed by atoms with Crippen LogP contribution in [0, 0.1) is 5.41 Å². The van der Waals surface area contributed by atoms with Crippen LogP contribution in [0.3, 0.4) is 0 Å². The summed E-state index contributed by atoms with van der Waals surface area (Å²) in [7, 11) is 0. The van der Waals surface area contributed by atoms with E-state index in [1.165, 1.54) is 24.8 Å². The van der Waals surface area contributed by atoms with Gasteiger partial charge in [-0.15, -0.1) is 0 Å². The molecule has 2 aromatic heterocycles. The number of aromatic nitrogens is 1. The molecule has 2 nitrogen and oxygen atoms in total. The summed E-state index contributed by atoms with van der Waals surface area (Å²) in [4.78, 5) is 4.63. The van der Waals surface area contributed by atoms with Gasteiger partial charge in [-0.05, 0) is 58.5 Å². The summed E-state index contributed by atoms with van der Waals surface area (Å²) >= 11 is 0. The second-order valence-electron chi connectivity index (χ2n) is 10.3. The lowest BCUT2D eigenvalue weighted by atomic mass is 9.85. The lowest BCUT2D eigenvalue weighted by Gasteiger charge is -2.27. The van der Waals surface area contributed by atoms with E-state index < -0.39 is 11.6 Å². The van der Waals surface area contributed by atoms with Crippen LogP contribution in [0.2, 0.25) is 0 Å². The van der Waals surface area contributed by atoms with Crippen LogP contribution < -0.4 is 0 Å². The van der Waals surface area contributed by atoms with E-state index in [0.717, 1.165) is 10.9 Å². The molecule has 0 radical (unpaired) electrons. The summed E-state index contributed by atoms with van der Waals surface area (Å²) < 4.78 is 55.0. The molecular formula is C31H28F3NO. The van der Waals surface area contributed by atoms with Gasteiger partial charge in [0, 0.05) is 22.7 Å². The summed E-state index contributed by atoms with van der Waals surface area (Å²) in [6.07, 6.45) is -2.74. The first-order chi connectivity index (χ1) is 17.5. The van der Waals surface area contributed by atoms with Gasteiger partial charge < -0.3 is 4.42 Å². The minimum absolute atomic E-state index is 0.126. The summed E-state index contributed by atoms with van der Waals surface area (Å²) in [5, 5.41) is 2.95. The highest BCUT2D eigenvalue weighted by molar-refractivity contribution is 5.97. The smallest absolute Gasteiger partial charge is 0.394 e. The van der Waals surface area contributed by atoms with Gasteiger partial charge in [0.05, 0.1) is 6.79 Å². The Hall–Kier alpha value is -3.60. The van der Waals surface area contributed by atoms with Crippen molar-refractivity contribution in [1.82, 2.24) is 4.98 Å². The molecule has 36 heavy (non-hydrogen) atoms. The van der Waals surface area contributed by atoms with Crippen molar-refractivity contribution in [3.05, 3.63) is 90.1 Å². The third-order valence-electron chi connectivity index (χ3n) is 6.78. The molecule has 0 bridgehead atoms. The van der Waals surface area contributed by atoms with Gasteiger partial charge in [0.15, 0.2) is 5.58 Å². The number of benzene rings is 3. The number of nitrogens with zero attached hydrogens (tertiary/aromatic N) is 1. The molecular weight excluding hydrogens is 459 g/mol. The summed E-state index contributed by atoms with van der Waals surface area (Å²) in [6, 6.07) is 21.2. The van der Waals surface area contributed by atoms with Crippen LogP contribution in [0.1, 0.15) is 46.1 Å². The third-order valence-corrected chi connectivity index (χ3v) is 6.78. The van der Waals surface area contributed by atoms with Crippen LogP contribution >= 0.6 is 0 Å². The fourth-order valence-corrected chi connectivity index (χ4v) is 4.58. The molecule has 5 heteroatoms. The molecule has 184 valence electrons. The van der Waals surface area contributed by atoms with Gasteiger partial charge in [0.2, 0.25) is 0 Å². The van der Waals surface area contributed by atoms with Crippen molar-refractivity contribution in [1.29, 1.82) is 0 Å².